The highest BCUT2D eigenvalue weighted by Gasteiger charge is 2.30. The number of carbonyl (C=O) groups is 2. The second-order valence-corrected chi connectivity index (χ2v) is 9.64. The molecule has 1 aromatic carbocycles. The maximum Gasteiger partial charge on any atom is 0.257 e. The Labute approximate surface area is 178 Å². The number of methoxy groups -OCH3 is 1. The Hall–Kier alpha value is -2.13. The first-order valence-electron chi connectivity index (χ1n) is 10.6. The molecule has 2 aliphatic heterocycles. The van der Waals surface area contributed by atoms with Gasteiger partial charge in [-0.2, -0.15) is 4.31 Å². The summed E-state index contributed by atoms with van der Waals surface area (Å²) in [6.45, 7) is 4.61. The summed E-state index contributed by atoms with van der Waals surface area (Å²) >= 11 is 0. The average molecular weight is 438 g/mol. The van der Waals surface area contributed by atoms with E-state index in [9.17, 15) is 18.0 Å². The zero-order chi connectivity index (χ0) is 21.7. The number of piperazine rings is 1. The Morgan fingerprint density at radius 2 is 1.53 bits per heavy atom. The maximum atomic E-state index is 13.2. The number of amides is 2. The molecule has 0 radical (unpaired) electrons. The molecule has 0 aromatic heterocycles. The molecule has 0 bridgehead atoms. The standard InChI is InChI=1S/C21H31N3O5S/c1-3-20(25)22-12-14-23(15-13-22)21(26)18-16-17(8-9-19(18)29-2)30(27,28)24-10-6-4-5-7-11-24/h8-9,16H,3-7,10-15H2,1-2H3. The molecule has 2 fully saturated rings. The monoisotopic (exact) mass is 437 g/mol. The first kappa shape index (κ1) is 22.6. The van der Waals surface area contributed by atoms with Gasteiger partial charge in [0.2, 0.25) is 15.9 Å². The summed E-state index contributed by atoms with van der Waals surface area (Å²) in [5.74, 6) is 0.149. The highest BCUT2D eigenvalue weighted by atomic mass is 32.2. The number of carbonyl (C=O) groups excluding carboxylic acids is 2. The Balaban J connectivity index is 1.82. The summed E-state index contributed by atoms with van der Waals surface area (Å²) in [6.07, 6.45) is 4.21. The van der Waals surface area contributed by atoms with Crippen LogP contribution in [0.4, 0.5) is 0 Å². The van der Waals surface area contributed by atoms with Crippen LogP contribution in [0.2, 0.25) is 0 Å². The van der Waals surface area contributed by atoms with E-state index in [2.05, 4.69) is 0 Å². The molecule has 2 aliphatic rings. The third-order valence-corrected chi connectivity index (χ3v) is 7.72. The predicted octanol–water partition coefficient (Wildman–Crippen LogP) is 1.95. The molecule has 2 heterocycles. The fourth-order valence-electron chi connectivity index (χ4n) is 4.00. The molecule has 1 aromatic rings. The largest absolute Gasteiger partial charge is 0.496 e. The van der Waals surface area contributed by atoms with Crippen LogP contribution < -0.4 is 4.74 Å². The molecule has 0 atom stereocenters. The lowest BCUT2D eigenvalue weighted by atomic mass is 10.1. The summed E-state index contributed by atoms with van der Waals surface area (Å²) in [6, 6.07) is 4.49. The number of benzene rings is 1. The van der Waals surface area contributed by atoms with Crippen LogP contribution in [0.5, 0.6) is 5.75 Å². The molecule has 2 amide bonds. The minimum Gasteiger partial charge on any atom is -0.496 e. The highest BCUT2D eigenvalue weighted by Crippen LogP contribution is 2.27. The average Bonchev–Trinajstić information content (AvgIpc) is 3.08. The minimum absolute atomic E-state index is 0.0743. The van der Waals surface area contributed by atoms with Gasteiger partial charge in [0.1, 0.15) is 5.75 Å². The van der Waals surface area contributed by atoms with E-state index in [4.69, 9.17) is 4.74 Å². The van der Waals surface area contributed by atoms with Gasteiger partial charge in [-0.05, 0) is 31.0 Å². The summed E-state index contributed by atoms with van der Waals surface area (Å²) in [7, 11) is -2.20. The molecule has 3 rings (SSSR count). The topological polar surface area (TPSA) is 87.2 Å². The van der Waals surface area contributed by atoms with Crippen LogP contribution in [0.3, 0.4) is 0 Å². The van der Waals surface area contributed by atoms with Crippen LogP contribution >= 0.6 is 0 Å². The second kappa shape index (κ2) is 9.78. The Kier molecular flexibility index (Phi) is 7.36. The molecule has 0 aliphatic carbocycles. The van der Waals surface area contributed by atoms with Gasteiger partial charge in [-0.3, -0.25) is 9.59 Å². The van der Waals surface area contributed by atoms with Crippen molar-refractivity contribution in [1.82, 2.24) is 14.1 Å². The van der Waals surface area contributed by atoms with Gasteiger partial charge in [-0.1, -0.05) is 19.8 Å². The quantitative estimate of drug-likeness (QED) is 0.703. The molecular formula is C21H31N3O5S. The molecule has 9 heteroatoms. The molecule has 166 valence electrons. The van der Waals surface area contributed by atoms with Crippen LogP contribution in [0.25, 0.3) is 0 Å². The molecule has 8 nitrogen and oxygen atoms in total. The van der Waals surface area contributed by atoms with Crippen molar-refractivity contribution in [3.63, 3.8) is 0 Å². The van der Waals surface area contributed by atoms with Crippen molar-refractivity contribution in [3.8, 4) is 5.75 Å². The normalized spacial score (nSPS) is 18.7. The van der Waals surface area contributed by atoms with Crippen molar-refractivity contribution in [3.05, 3.63) is 23.8 Å². The molecule has 30 heavy (non-hydrogen) atoms. The van der Waals surface area contributed by atoms with Crippen LogP contribution in [0.15, 0.2) is 23.1 Å². The zero-order valence-electron chi connectivity index (χ0n) is 17.8. The van der Waals surface area contributed by atoms with E-state index in [0.717, 1.165) is 25.7 Å². The lowest BCUT2D eigenvalue weighted by molar-refractivity contribution is -0.132. The van der Waals surface area contributed by atoms with Crippen molar-refractivity contribution in [2.24, 2.45) is 0 Å². The van der Waals surface area contributed by atoms with Crippen molar-refractivity contribution < 1.29 is 22.7 Å². The van der Waals surface area contributed by atoms with E-state index in [0.29, 0.717) is 51.4 Å². The van der Waals surface area contributed by atoms with Gasteiger partial charge in [0.25, 0.3) is 5.91 Å². The number of hydrogen-bond donors (Lipinski definition) is 0. The summed E-state index contributed by atoms with van der Waals surface area (Å²) < 4.78 is 33.2. The van der Waals surface area contributed by atoms with Crippen LogP contribution in [-0.4, -0.2) is 80.7 Å². The molecule has 0 saturated carbocycles. The van der Waals surface area contributed by atoms with E-state index < -0.39 is 10.0 Å². The lowest BCUT2D eigenvalue weighted by Crippen LogP contribution is -2.50. The smallest absolute Gasteiger partial charge is 0.257 e. The Bertz CT molecular complexity index is 871. The summed E-state index contributed by atoms with van der Waals surface area (Å²) in [5, 5.41) is 0. The third-order valence-electron chi connectivity index (χ3n) is 5.83. The number of sulfonamides is 1. The van der Waals surface area contributed by atoms with E-state index in [1.54, 1.807) is 15.9 Å². The molecule has 0 unspecified atom stereocenters. The fourth-order valence-corrected chi connectivity index (χ4v) is 5.54. The van der Waals surface area contributed by atoms with Crippen LogP contribution in [0, 0.1) is 0 Å². The SMILES string of the molecule is CCC(=O)N1CCN(C(=O)c2cc(S(=O)(=O)N3CCCCCC3)ccc2OC)CC1. The lowest BCUT2D eigenvalue weighted by Gasteiger charge is -2.35. The number of hydrogen-bond acceptors (Lipinski definition) is 5. The number of ether oxygens (including phenoxy) is 1. The van der Waals surface area contributed by atoms with Gasteiger partial charge in [-0.15, -0.1) is 0 Å². The second-order valence-electron chi connectivity index (χ2n) is 7.71. The highest BCUT2D eigenvalue weighted by molar-refractivity contribution is 7.89. The fraction of sp³-hybridized carbons (Fsp3) is 0.619. The van der Waals surface area contributed by atoms with E-state index in [1.165, 1.54) is 23.5 Å². The minimum atomic E-state index is -3.67. The Morgan fingerprint density at radius 3 is 2.10 bits per heavy atom. The molecular weight excluding hydrogens is 406 g/mol. The zero-order valence-corrected chi connectivity index (χ0v) is 18.6. The molecule has 0 spiro atoms. The summed E-state index contributed by atoms with van der Waals surface area (Å²) in [5.41, 5.74) is 0.240. The first-order valence-corrected chi connectivity index (χ1v) is 12.1. The van der Waals surface area contributed by atoms with Crippen molar-refractivity contribution >= 4 is 21.8 Å². The summed E-state index contributed by atoms with van der Waals surface area (Å²) in [4.78, 5) is 28.6. The van der Waals surface area contributed by atoms with E-state index in [-0.39, 0.29) is 22.3 Å². The van der Waals surface area contributed by atoms with Crippen molar-refractivity contribution in [1.29, 1.82) is 0 Å². The molecule has 2 saturated heterocycles. The van der Waals surface area contributed by atoms with Crippen LogP contribution in [0.1, 0.15) is 49.4 Å². The number of nitrogens with zero attached hydrogens (tertiary/aromatic N) is 3. The van der Waals surface area contributed by atoms with Gasteiger partial charge < -0.3 is 14.5 Å². The molecule has 0 N–H and O–H groups in total. The van der Waals surface area contributed by atoms with E-state index >= 15 is 0 Å². The van der Waals surface area contributed by atoms with Gasteiger partial charge >= 0.3 is 0 Å². The van der Waals surface area contributed by atoms with Gasteiger partial charge in [-0.25, -0.2) is 8.42 Å². The maximum absolute atomic E-state index is 13.2. The van der Waals surface area contributed by atoms with Gasteiger partial charge in [0.15, 0.2) is 0 Å². The van der Waals surface area contributed by atoms with Gasteiger partial charge in [0, 0.05) is 45.7 Å². The predicted molar refractivity (Wildman–Crippen MR) is 113 cm³/mol. The Morgan fingerprint density at radius 1 is 0.933 bits per heavy atom. The third kappa shape index (κ3) is 4.78. The van der Waals surface area contributed by atoms with Crippen molar-refractivity contribution in [2.45, 2.75) is 43.9 Å². The van der Waals surface area contributed by atoms with Crippen LogP contribution in [-0.2, 0) is 14.8 Å². The number of rotatable bonds is 5. The van der Waals surface area contributed by atoms with E-state index in [1.807, 2.05) is 6.92 Å². The van der Waals surface area contributed by atoms with Gasteiger partial charge in [0.05, 0.1) is 17.6 Å². The first-order chi connectivity index (χ1) is 14.4. The van der Waals surface area contributed by atoms with Crippen molar-refractivity contribution in [2.75, 3.05) is 46.4 Å².